The van der Waals surface area contributed by atoms with Crippen LogP contribution in [0.5, 0.6) is 11.5 Å². The summed E-state index contributed by atoms with van der Waals surface area (Å²) in [5.74, 6) is 1.67. The standard InChI is InChI=1S/C22H22N2O3/c25-22(17-14-23-18-6-2-1-5-16(17)18)24-10-3-7-19(24)15-8-9-20-21(13-15)27-12-4-11-26-20/h1-2,5-6,8-9,13-14,19,23H,3-4,7,10-12H2/t19-/m1/s1. The Labute approximate surface area is 157 Å². The summed E-state index contributed by atoms with van der Waals surface area (Å²) < 4.78 is 11.6. The first-order valence-electron chi connectivity index (χ1n) is 9.58. The van der Waals surface area contributed by atoms with Gasteiger partial charge in [-0.2, -0.15) is 0 Å². The van der Waals surface area contributed by atoms with Gasteiger partial charge < -0.3 is 19.4 Å². The smallest absolute Gasteiger partial charge is 0.256 e. The SMILES string of the molecule is O=C(c1c[nH]c2ccccc12)N1CCC[C@@H]1c1ccc2c(c1)OCCCO2. The first kappa shape index (κ1) is 16.2. The molecule has 3 aromatic rings. The minimum Gasteiger partial charge on any atom is -0.490 e. The van der Waals surface area contributed by atoms with Crippen molar-refractivity contribution >= 4 is 16.8 Å². The molecule has 3 heterocycles. The van der Waals surface area contributed by atoms with E-state index in [4.69, 9.17) is 9.47 Å². The minimum atomic E-state index is 0.0725. The summed E-state index contributed by atoms with van der Waals surface area (Å²) >= 11 is 0. The van der Waals surface area contributed by atoms with E-state index in [1.165, 1.54) is 0 Å². The zero-order valence-electron chi connectivity index (χ0n) is 15.1. The molecule has 1 N–H and O–H groups in total. The molecule has 1 aromatic heterocycles. The Bertz CT molecular complexity index is 994. The number of nitrogens with one attached hydrogen (secondary N) is 1. The van der Waals surface area contributed by atoms with Crippen LogP contribution in [0.2, 0.25) is 0 Å². The van der Waals surface area contributed by atoms with Gasteiger partial charge in [-0.25, -0.2) is 0 Å². The molecule has 1 saturated heterocycles. The molecule has 1 atom stereocenters. The van der Waals surface area contributed by atoms with Crippen molar-refractivity contribution in [3.05, 3.63) is 59.8 Å². The van der Waals surface area contributed by atoms with Gasteiger partial charge in [-0.3, -0.25) is 4.79 Å². The number of hydrogen-bond acceptors (Lipinski definition) is 3. The summed E-state index contributed by atoms with van der Waals surface area (Å²) in [5, 5.41) is 0.979. The summed E-state index contributed by atoms with van der Waals surface area (Å²) in [5.41, 5.74) is 2.85. The Morgan fingerprint density at radius 3 is 2.81 bits per heavy atom. The molecular weight excluding hydrogens is 340 g/mol. The second-order valence-electron chi connectivity index (χ2n) is 7.16. The van der Waals surface area contributed by atoms with Gasteiger partial charge >= 0.3 is 0 Å². The minimum absolute atomic E-state index is 0.0725. The maximum Gasteiger partial charge on any atom is 0.256 e. The van der Waals surface area contributed by atoms with Crippen molar-refractivity contribution in [2.75, 3.05) is 19.8 Å². The molecule has 1 amide bonds. The third-order valence-corrected chi connectivity index (χ3v) is 5.49. The van der Waals surface area contributed by atoms with Crippen LogP contribution in [0.3, 0.4) is 0 Å². The highest BCUT2D eigenvalue weighted by atomic mass is 16.5. The second kappa shape index (κ2) is 6.65. The first-order chi connectivity index (χ1) is 13.3. The van der Waals surface area contributed by atoms with E-state index >= 15 is 0 Å². The number of carbonyl (C=O) groups excluding carboxylic acids is 1. The average molecular weight is 362 g/mol. The third kappa shape index (κ3) is 2.83. The molecule has 5 rings (SSSR count). The number of hydrogen-bond donors (Lipinski definition) is 1. The molecule has 1 fully saturated rings. The largest absolute Gasteiger partial charge is 0.490 e. The number of rotatable bonds is 2. The molecule has 2 aliphatic rings. The van der Waals surface area contributed by atoms with Crippen LogP contribution in [0.1, 0.15) is 41.2 Å². The summed E-state index contributed by atoms with van der Waals surface area (Å²) in [7, 11) is 0. The highest BCUT2D eigenvalue weighted by Crippen LogP contribution is 2.39. The van der Waals surface area contributed by atoms with E-state index in [1.807, 2.05) is 47.5 Å². The van der Waals surface area contributed by atoms with Crippen molar-refractivity contribution in [1.82, 2.24) is 9.88 Å². The molecule has 5 heteroatoms. The van der Waals surface area contributed by atoms with Crippen LogP contribution in [0.15, 0.2) is 48.7 Å². The number of ether oxygens (including phenoxy) is 2. The number of para-hydroxylation sites is 1. The number of carbonyl (C=O) groups is 1. The molecule has 0 unspecified atom stereocenters. The van der Waals surface area contributed by atoms with Gasteiger partial charge in [-0.15, -0.1) is 0 Å². The topological polar surface area (TPSA) is 54.6 Å². The Hall–Kier alpha value is -2.95. The fraction of sp³-hybridized carbons (Fsp3) is 0.318. The maximum atomic E-state index is 13.3. The summed E-state index contributed by atoms with van der Waals surface area (Å²) in [6.45, 7) is 2.12. The van der Waals surface area contributed by atoms with Crippen LogP contribution in [0.25, 0.3) is 10.9 Å². The number of aromatic amines is 1. The number of nitrogens with zero attached hydrogens (tertiary/aromatic N) is 1. The van der Waals surface area contributed by atoms with Gasteiger partial charge in [-0.1, -0.05) is 24.3 Å². The Morgan fingerprint density at radius 1 is 1.04 bits per heavy atom. The Kier molecular flexibility index (Phi) is 4.00. The van der Waals surface area contributed by atoms with Crippen LogP contribution in [0, 0.1) is 0 Å². The highest BCUT2D eigenvalue weighted by Gasteiger charge is 2.32. The lowest BCUT2D eigenvalue weighted by Crippen LogP contribution is -2.30. The molecule has 0 saturated carbocycles. The van der Waals surface area contributed by atoms with Crippen LogP contribution in [0.4, 0.5) is 0 Å². The maximum absolute atomic E-state index is 13.3. The van der Waals surface area contributed by atoms with E-state index in [1.54, 1.807) is 0 Å². The molecule has 2 aromatic carbocycles. The zero-order valence-corrected chi connectivity index (χ0v) is 15.1. The van der Waals surface area contributed by atoms with E-state index in [-0.39, 0.29) is 11.9 Å². The van der Waals surface area contributed by atoms with Crippen LogP contribution in [-0.4, -0.2) is 35.5 Å². The zero-order chi connectivity index (χ0) is 18.2. The molecule has 0 radical (unpaired) electrons. The van der Waals surface area contributed by atoms with Crippen molar-refractivity contribution in [2.24, 2.45) is 0 Å². The Balaban J connectivity index is 1.47. The molecule has 27 heavy (non-hydrogen) atoms. The monoisotopic (exact) mass is 362 g/mol. The second-order valence-corrected chi connectivity index (χ2v) is 7.16. The van der Waals surface area contributed by atoms with Crippen molar-refractivity contribution < 1.29 is 14.3 Å². The lowest BCUT2D eigenvalue weighted by Gasteiger charge is -2.25. The summed E-state index contributed by atoms with van der Waals surface area (Å²) in [6, 6.07) is 14.1. The number of fused-ring (bicyclic) bond motifs is 2. The third-order valence-electron chi connectivity index (χ3n) is 5.49. The van der Waals surface area contributed by atoms with Gasteiger partial charge in [0.15, 0.2) is 11.5 Å². The number of aromatic nitrogens is 1. The average Bonchev–Trinajstić information content (AvgIpc) is 3.29. The number of likely N-dealkylation sites (tertiary alicyclic amines) is 1. The molecule has 0 aliphatic carbocycles. The van der Waals surface area contributed by atoms with E-state index in [2.05, 4.69) is 11.1 Å². The highest BCUT2D eigenvalue weighted by molar-refractivity contribution is 6.06. The number of H-pyrrole nitrogens is 1. The van der Waals surface area contributed by atoms with E-state index in [9.17, 15) is 4.79 Å². The molecule has 2 aliphatic heterocycles. The van der Waals surface area contributed by atoms with Gasteiger partial charge in [-0.05, 0) is 36.6 Å². The van der Waals surface area contributed by atoms with Crippen molar-refractivity contribution in [1.29, 1.82) is 0 Å². The molecule has 5 nitrogen and oxygen atoms in total. The molecular formula is C22H22N2O3. The van der Waals surface area contributed by atoms with E-state index < -0.39 is 0 Å². The van der Waals surface area contributed by atoms with Crippen molar-refractivity contribution in [3.63, 3.8) is 0 Å². The Morgan fingerprint density at radius 2 is 1.89 bits per heavy atom. The first-order valence-corrected chi connectivity index (χ1v) is 9.58. The fourth-order valence-electron chi connectivity index (χ4n) is 4.15. The quantitative estimate of drug-likeness (QED) is 0.739. The normalized spacial score (nSPS) is 19.3. The predicted molar refractivity (Wildman–Crippen MR) is 103 cm³/mol. The van der Waals surface area contributed by atoms with Crippen LogP contribution in [-0.2, 0) is 0 Å². The van der Waals surface area contributed by atoms with E-state index in [0.29, 0.717) is 13.2 Å². The summed E-state index contributed by atoms with van der Waals surface area (Å²) in [6.07, 6.45) is 4.69. The van der Waals surface area contributed by atoms with Gasteiger partial charge in [0.05, 0.1) is 24.8 Å². The van der Waals surface area contributed by atoms with Crippen molar-refractivity contribution in [3.8, 4) is 11.5 Å². The van der Waals surface area contributed by atoms with Gasteiger partial charge in [0.2, 0.25) is 0 Å². The van der Waals surface area contributed by atoms with Gasteiger partial charge in [0.25, 0.3) is 5.91 Å². The lowest BCUT2D eigenvalue weighted by atomic mass is 10.0. The number of benzene rings is 2. The van der Waals surface area contributed by atoms with Crippen LogP contribution >= 0.6 is 0 Å². The van der Waals surface area contributed by atoms with Crippen molar-refractivity contribution in [2.45, 2.75) is 25.3 Å². The predicted octanol–water partition coefficient (Wildman–Crippen LogP) is 4.31. The fourth-order valence-corrected chi connectivity index (χ4v) is 4.15. The van der Waals surface area contributed by atoms with Gasteiger partial charge in [0.1, 0.15) is 0 Å². The number of amides is 1. The van der Waals surface area contributed by atoms with E-state index in [0.717, 1.165) is 59.3 Å². The summed E-state index contributed by atoms with van der Waals surface area (Å²) in [4.78, 5) is 18.5. The lowest BCUT2D eigenvalue weighted by molar-refractivity contribution is 0.0737. The van der Waals surface area contributed by atoms with Gasteiger partial charge in [0, 0.05) is 30.1 Å². The van der Waals surface area contributed by atoms with Crippen LogP contribution < -0.4 is 9.47 Å². The molecule has 138 valence electrons. The molecule has 0 spiro atoms. The molecule has 0 bridgehead atoms.